The second-order valence-electron chi connectivity index (χ2n) is 4.85. The lowest BCUT2D eigenvalue weighted by Gasteiger charge is -2.10. The van der Waals surface area contributed by atoms with E-state index >= 15 is 0 Å². The van der Waals surface area contributed by atoms with E-state index in [1.807, 2.05) is 0 Å². The Morgan fingerprint density at radius 1 is 1.22 bits per heavy atom. The third-order valence-corrected chi connectivity index (χ3v) is 3.60. The maximum Gasteiger partial charge on any atom is 0.231 e. The van der Waals surface area contributed by atoms with E-state index in [9.17, 15) is 4.79 Å². The van der Waals surface area contributed by atoms with Gasteiger partial charge in [0.2, 0.25) is 6.79 Å². The summed E-state index contributed by atoms with van der Waals surface area (Å²) in [4.78, 5) is 12.0. The first-order valence-corrected chi connectivity index (χ1v) is 6.49. The molecule has 2 aliphatic rings. The molecule has 1 aromatic rings. The van der Waals surface area contributed by atoms with Crippen molar-refractivity contribution in [3.8, 4) is 11.5 Å². The predicted octanol–water partition coefficient (Wildman–Crippen LogP) is 2.13. The van der Waals surface area contributed by atoms with Crippen molar-refractivity contribution in [2.45, 2.75) is 31.7 Å². The Morgan fingerprint density at radius 2 is 2.00 bits per heavy atom. The van der Waals surface area contributed by atoms with Crippen LogP contribution in [0.15, 0.2) is 18.2 Å². The van der Waals surface area contributed by atoms with Crippen LogP contribution in [0.3, 0.4) is 0 Å². The smallest absolute Gasteiger partial charge is 0.231 e. The fourth-order valence-electron chi connectivity index (χ4n) is 2.54. The molecule has 1 aliphatic heterocycles. The quantitative estimate of drug-likeness (QED) is 0.828. The number of nitrogens with one attached hydrogen (secondary N) is 1. The van der Waals surface area contributed by atoms with Gasteiger partial charge in [-0.3, -0.25) is 4.79 Å². The van der Waals surface area contributed by atoms with E-state index in [1.54, 1.807) is 18.2 Å². The van der Waals surface area contributed by atoms with Crippen molar-refractivity contribution in [2.24, 2.45) is 0 Å². The molecule has 0 spiro atoms. The van der Waals surface area contributed by atoms with E-state index in [2.05, 4.69) is 5.32 Å². The molecule has 4 nitrogen and oxygen atoms in total. The Kier molecular flexibility index (Phi) is 3.19. The van der Waals surface area contributed by atoms with E-state index in [0.29, 0.717) is 23.9 Å². The molecule has 3 rings (SSSR count). The minimum Gasteiger partial charge on any atom is -0.454 e. The zero-order valence-electron chi connectivity index (χ0n) is 10.3. The van der Waals surface area contributed by atoms with Gasteiger partial charge in [-0.25, -0.2) is 0 Å². The van der Waals surface area contributed by atoms with Gasteiger partial charge in [-0.1, -0.05) is 12.8 Å². The average Bonchev–Trinajstić information content (AvgIpc) is 3.05. The molecule has 18 heavy (non-hydrogen) atoms. The van der Waals surface area contributed by atoms with Gasteiger partial charge in [0.15, 0.2) is 17.3 Å². The van der Waals surface area contributed by atoms with Crippen molar-refractivity contribution in [3.63, 3.8) is 0 Å². The molecule has 1 heterocycles. The summed E-state index contributed by atoms with van der Waals surface area (Å²) in [6, 6.07) is 5.88. The first kappa shape index (κ1) is 11.5. The van der Waals surface area contributed by atoms with Crippen molar-refractivity contribution in [1.29, 1.82) is 0 Å². The van der Waals surface area contributed by atoms with E-state index in [1.165, 1.54) is 25.7 Å². The molecule has 1 aliphatic carbocycles. The zero-order chi connectivity index (χ0) is 12.4. The maximum atomic E-state index is 12.0. The Hall–Kier alpha value is -1.55. The summed E-state index contributed by atoms with van der Waals surface area (Å²) in [5, 5.41) is 3.33. The van der Waals surface area contributed by atoms with Gasteiger partial charge in [0.1, 0.15) is 0 Å². The van der Waals surface area contributed by atoms with E-state index in [0.717, 1.165) is 5.75 Å². The van der Waals surface area contributed by atoms with Crippen LogP contribution in [0.1, 0.15) is 36.0 Å². The SMILES string of the molecule is O=C(CNC1CCCC1)c1ccc2c(c1)OCO2. The summed E-state index contributed by atoms with van der Waals surface area (Å²) in [7, 11) is 0. The van der Waals surface area contributed by atoms with Crippen LogP contribution in [0.2, 0.25) is 0 Å². The van der Waals surface area contributed by atoms with Crippen LogP contribution in [-0.2, 0) is 0 Å². The first-order valence-electron chi connectivity index (χ1n) is 6.49. The molecule has 96 valence electrons. The number of ether oxygens (including phenoxy) is 2. The normalized spacial score (nSPS) is 18.2. The molecule has 0 saturated heterocycles. The Labute approximate surface area is 106 Å². The second kappa shape index (κ2) is 4.98. The molecule has 0 aromatic heterocycles. The summed E-state index contributed by atoms with van der Waals surface area (Å²) in [6.45, 7) is 0.650. The molecule has 1 fully saturated rings. The van der Waals surface area contributed by atoms with Crippen LogP contribution in [0.4, 0.5) is 0 Å². The predicted molar refractivity (Wildman–Crippen MR) is 67.2 cm³/mol. The highest BCUT2D eigenvalue weighted by Crippen LogP contribution is 2.32. The third-order valence-electron chi connectivity index (χ3n) is 3.60. The van der Waals surface area contributed by atoms with Crippen LogP contribution < -0.4 is 14.8 Å². The number of fused-ring (bicyclic) bond motifs is 1. The molecule has 1 saturated carbocycles. The summed E-state index contributed by atoms with van der Waals surface area (Å²) in [5.41, 5.74) is 0.685. The van der Waals surface area contributed by atoms with E-state index in [-0.39, 0.29) is 12.6 Å². The van der Waals surface area contributed by atoms with Gasteiger partial charge < -0.3 is 14.8 Å². The van der Waals surface area contributed by atoms with Crippen LogP contribution in [0.25, 0.3) is 0 Å². The summed E-state index contributed by atoms with van der Waals surface area (Å²) >= 11 is 0. The molecular formula is C14H17NO3. The molecule has 0 radical (unpaired) electrons. The number of rotatable bonds is 4. The van der Waals surface area contributed by atoms with Crippen LogP contribution in [0.5, 0.6) is 11.5 Å². The maximum absolute atomic E-state index is 12.0. The number of Topliss-reactive ketones (excluding diaryl/α,β-unsaturated/α-hetero) is 1. The number of benzene rings is 1. The first-order chi connectivity index (χ1) is 8.83. The molecule has 1 aromatic carbocycles. The van der Waals surface area contributed by atoms with Crippen molar-refractivity contribution in [2.75, 3.05) is 13.3 Å². The van der Waals surface area contributed by atoms with Crippen LogP contribution in [0, 0.1) is 0 Å². The molecule has 0 unspecified atom stereocenters. The Morgan fingerprint density at radius 3 is 2.83 bits per heavy atom. The van der Waals surface area contributed by atoms with Crippen LogP contribution in [-0.4, -0.2) is 25.2 Å². The standard InChI is InChI=1S/C14H17NO3/c16-12(8-15-11-3-1-2-4-11)10-5-6-13-14(7-10)18-9-17-13/h5-7,11,15H,1-4,8-9H2. The Balaban J connectivity index is 1.61. The van der Waals surface area contributed by atoms with Gasteiger partial charge in [0.25, 0.3) is 0 Å². The summed E-state index contributed by atoms with van der Waals surface area (Å²) in [6.07, 6.45) is 4.93. The van der Waals surface area contributed by atoms with Crippen molar-refractivity contribution < 1.29 is 14.3 Å². The molecule has 0 atom stereocenters. The summed E-state index contributed by atoms with van der Waals surface area (Å²) < 4.78 is 10.5. The highest BCUT2D eigenvalue weighted by Gasteiger charge is 2.18. The lowest BCUT2D eigenvalue weighted by atomic mass is 10.1. The topological polar surface area (TPSA) is 47.6 Å². The molecule has 1 N–H and O–H groups in total. The highest BCUT2D eigenvalue weighted by molar-refractivity contribution is 5.98. The second-order valence-corrected chi connectivity index (χ2v) is 4.85. The lowest BCUT2D eigenvalue weighted by molar-refractivity contribution is 0.0987. The number of ketones is 1. The fourth-order valence-corrected chi connectivity index (χ4v) is 2.54. The van der Waals surface area contributed by atoms with Gasteiger partial charge in [-0.2, -0.15) is 0 Å². The number of carbonyl (C=O) groups excluding carboxylic acids is 1. The number of carbonyl (C=O) groups is 1. The van der Waals surface area contributed by atoms with Crippen molar-refractivity contribution in [1.82, 2.24) is 5.32 Å². The lowest BCUT2D eigenvalue weighted by Crippen LogP contribution is -2.31. The van der Waals surface area contributed by atoms with Crippen molar-refractivity contribution in [3.05, 3.63) is 23.8 Å². The van der Waals surface area contributed by atoms with E-state index < -0.39 is 0 Å². The molecule has 0 amide bonds. The summed E-state index contributed by atoms with van der Waals surface area (Å²) in [5.74, 6) is 1.50. The zero-order valence-corrected chi connectivity index (χ0v) is 10.3. The number of hydrogen-bond donors (Lipinski definition) is 1. The monoisotopic (exact) mass is 247 g/mol. The third kappa shape index (κ3) is 2.34. The molecular weight excluding hydrogens is 230 g/mol. The van der Waals surface area contributed by atoms with Gasteiger partial charge in [0, 0.05) is 11.6 Å². The molecule has 0 bridgehead atoms. The van der Waals surface area contributed by atoms with Gasteiger partial charge >= 0.3 is 0 Å². The fraction of sp³-hybridized carbons (Fsp3) is 0.500. The largest absolute Gasteiger partial charge is 0.454 e. The van der Waals surface area contributed by atoms with Gasteiger partial charge in [0.05, 0.1) is 6.54 Å². The molecule has 4 heteroatoms. The minimum absolute atomic E-state index is 0.111. The highest BCUT2D eigenvalue weighted by atomic mass is 16.7. The average molecular weight is 247 g/mol. The van der Waals surface area contributed by atoms with Crippen molar-refractivity contribution >= 4 is 5.78 Å². The minimum atomic E-state index is 0.111. The van der Waals surface area contributed by atoms with E-state index in [4.69, 9.17) is 9.47 Å². The van der Waals surface area contributed by atoms with Gasteiger partial charge in [-0.05, 0) is 31.0 Å². The Bertz CT molecular complexity index is 452. The van der Waals surface area contributed by atoms with Crippen LogP contribution >= 0.6 is 0 Å². The van der Waals surface area contributed by atoms with Gasteiger partial charge in [-0.15, -0.1) is 0 Å². The number of hydrogen-bond acceptors (Lipinski definition) is 4.